The van der Waals surface area contributed by atoms with E-state index >= 15 is 0 Å². The molecule has 2 aliphatic heterocycles. The molecule has 0 aromatic heterocycles. The molecule has 2 aromatic carbocycles. The first-order valence-corrected chi connectivity index (χ1v) is 10.7. The van der Waals surface area contributed by atoms with Crippen LogP contribution in [-0.2, 0) is 5.60 Å². The maximum Gasteiger partial charge on any atom is 0.254 e. The molecule has 0 bridgehead atoms. The Morgan fingerprint density at radius 3 is 2.59 bits per heavy atom. The molecule has 1 amide bonds. The van der Waals surface area contributed by atoms with Crippen LogP contribution in [0.4, 0.5) is 0 Å². The highest BCUT2D eigenvalue weighted by Crippen LogP contribution is 2.47. The lowest BCUT2D eigenvalue weighted by molar-refractivity contribution is -0.110. The summed E-state index contributed by atoms with van der Waals surface area (Å²) in [6, 6.07) is 15.5. The molecule has 2 heterocycles. The van der Waals surface area contributed by atoms with E-state index in [9.17, 15) is 9.90 Å². The van der Waals surface area contributed by atoms with Gasteiger partial charge >= 0.3 is 0 Å². The van der Waals surface area contributed by atoms with E-state index in [1.54, 1.807) is 6.07 Å². The van der Waals surface area contributed by atoms with Crippen molar-refractivity contribution < 1.29 is 19.4 Å². The molecule has 1 saturated heterocycles. The van der Waals surface area contributed by atoms with Crippen molar-refractivity contribution in [1.29, 1.82) is 0 Å². The van der Waals surface area contributed by atoms with Gasteiger partial charge in [0.15, 0.2) is 11.5 Å². The third kappa shape index (κ3) is 3.18. The Balaban J connectivity index is 1.44. The number of aliphatic hydroxyl groups is 1. The van der Waals surface area contributed by atoms with E-state index in [1.165, 1.54) is 0 Å². The van der Waals surface area contributed by atoms with E-state index in [1.807, 2.05) is 47.4 Å². The van der Waals surface area contributed by atoms with Crippen molar-refractivity contribution in [3.63, 3.8) is 0 Å². The number of rotatable bonds is 2. The first-order valence-electron chi connectivity index (χ1n) is 10.7. The second-order valence-electron chi connectivity index (χ2n) is 8.36. The van der Waals surface area contributed by atoms with Crippen molar-refractivity contribution in [3.05, 3.63) is 59.7 Å². The maximum atomic E-state index is 13.4. The zero-order valence-electron chi connectivity index (χ0n) is 16.5. The van der Waals surface area contributed by atoms with Crippen LogP contribution in [-0.4, -0.2) is 41.7 Å². The number of carbonyl (C=O) groups excluding carboxylic acids is 1. The van der Waals surface area contributed by atoms with Gasteiger partial charge in [-0.1, -0.05) is 43.2 Å². The first kappa shape index (κ1) is 18.5. The van der Waals surface area contributed by atoms with Gasteiger partial charge in [-0.3, -0.25) is 4.79 Å². The van der Waals surface area contributed by atoms with Crippen molar-refractivity contribution in [1.82, 2.24) is 4.90 Å². The molecular formula is C24H27NO4. The number of amides is 1. The van der Waals surface area contributed by atoms with E-state index in [0.717, 1.165) is 31.2 Å². The molecule has 1 N–H and O–H groups in total. The Morgan fingerprint density at radius 1 is 1.00 bits per heavy atom. The van der Waals surface area contributed by atoms with Crippen LogP contribution in [0.15, 0.2) is 48.5 Å². The number of nitrogens with zero attached hydrogens (tertiary/aromatic N) is 1. The molecule has 5 nitrogen and oxygen atoms in total. The lowest BCUT2D eigenvalue weighted by Gasteiger charge is -2.52. The van der Waals surface area contributed by atoms with Crippen LogP contribution in [0.2, 0.25) is 0 Å². The zero-order valence-corrected chi connectivity index (χ0v) is 16.5. The monoisotopic (exact) mass is 393 g/mol. The quantitative estimate of drug-likeness (QED) is 0.844. The van der Waals surface area contributed by atoms with Gasteiger partial charge in [-0.2, -0.15) is 0 Å². The van der Waals surface area contributed by atoms with Gasteiger partial charge in [-0.25, -0.2) is 0 Å². The number of ether oxygens (including phenoxy) is 2. The van der Waals surface area contributed by atoms with Crippen LogP contribution < -0.4 is 9.47 Å². The Bertz CT molecular complexity index is 899. The van der Waals surface area contributed by atoms with Crippen molar-refractivity contribution in [2.24, 2.45) is 5.92 Å². The summed E-state index contributed by atoms with van der Waals surface area (Å²) in [6.07, 6.45) is 4.64. The number of fused-ring (bicyclic) bond motifs is 2. The minimum absolute atomic E-state index is 0.0222. The standard InChI is InChI=1S/C24H27NO4/c26-23(17-10-11-21-22(16-17)29-15-14-28-21)25-13-12-24(27,18-6-2-1-3-7-18)19-8-4-5-9-20(19)25/h1-3,6-7,10-11,16,19-20,27H,4-5,8-9,12-15H2/t19-,20?,24-/m1/s1. The van der Waals surface area contributed by atoms with Crippen molar-refractivity contribution in [3.8, 4) is 11.5 Å². The highest BCUT2D eigenvalue weighted by Gasteiger charge is 2.50. The van der Waals surface area contributed by atoms with E-state index < -0.39 is 5.60 Å². The lowest BCUT2D eigenvalue weighted by atomic mass is 9.66. The van der Waals surface area contributed by atoms with Gasteiger partial charge in [0, 0.05) is 24.1 Å². The van der Waals surface area contributed by atoms with E-state index in [2.05, 4.69) is 0 Å². The number of hydrogen-bond acceptors (Lipinski definition) is 4. The van der Waals surface area contributed by atoms with Gasteiger partial charge in [0.25, 0.3) is 5.91 Å². The second-order valence-corrected chi connectivity index (χ2v) is 8.36. The van der Waals surface area contributed by atoms with Gasteiger partial charge < -0.3 is 19.5 Å². The molecule has 5 heteroatoms. The number of carbonyl (C=O) groups is 1. The summed E-state index contributed by atoms with van der Waals surface area (Å²) in [5, 5.41) is 11.7. The van der Waals surface area contributed by atoms with Crippen molar-refractivity contribution in [2.45, 2.75) is 43.7 Å². The normalized spacial score (nSPS) is 28.5. The Hall–Kier alpha value is -2.53. The third-order valence-corrected chi connectivity index (χ3v) is 6.80. The second kappa shape index (κ2) is 7.38. The maximum absolute atomic E-state index is 13.4. The number of hydrogen-bond donors (Lipinski definition) is 1. The number of piperidine rings is 1. The SMILES string of the molecule is O=C(c1ccc2c(c1)OCCO2)N1CC[C@@](O)(c2ccccc2)[C@@H]2CCCCC21. The minimum atomic E-state index is -0.865. The van der Waals surface area contributed by atoms with E-state index in [4.69, 9.17) is 9.47 Å². The molecule has 29 heavy (non-hydrogen) atoms. The summed E-state index contributed by atoms with van der Waals surface area (Å²) in [5.74, 6) is 1.42. The predicted molar refractivity (Wildman–Crippen MR) is 109 cm³/mol. The molecule has 1 saturated carbocycles. The molecule has 0 spiro atoms. The fourth-order valence-electron chi connectivity index (χ4n) is 5.36. The molecule has 2 aromatic rings. The Kier molecular flexibility index (Phi) is 4.70. The topological polar surface area (TPSA) is 59.0 Å². The molecule has 1 aliphatic carbocycles. The fourth-order valence-corrected chi connectivity index (χ4v) is 5.36. The minimum Gasteiger partial charge on any atom is -0.486 e. The van der Waals surface area contributed by atoms with Crippen LogP contribution in [0, 0.1) is 5.92 Å². The summed E-state index contributed by atoms with van der Waals surface area (Å²) in [5.41, 5.74) is 0.739. The smallest absolute Gasteiger partial charge is 0.254 e. The summed E-state index contributed by atoms with van der Waals surface area (Å²) in [4.78, 5) is 15.4. The largest absolute Gasteiger partial charge is 0.486 e. The van der Waals surface area contributed by atoms with Gasteiger partial charge in [0.05, 0.1) is 5.60 Å². The highest BCUT2D eigenvalue weighted by molar-refractivity contribution is 5.95. The molecule has 3 atom stereocenters. The fraction of sp³-hybridized carbons (Fsp3) is 0.458. The van der Waals surface area contributed by atoms with Crippen molar-refractivity contribution in [2.75, 3.05) is 19.8 Å². The summed E-state index contributed by atoms with van der Waals surface area (Å²) < 4.78 is 11.2. The Morgan fingerprint density at radius 2 is 1.76 bits per heavy atom. The predicted octanol–water partition coefficient (Wildman–Crippen LogP) is 3.75. The molecular weight excluding hydrogens is 366 g/mol. The summed E-state index contributed by atoms with van der Waals surface area (Å²) in [7, 11) is 0. The van der Waals surface area contributed by atoms with Gasteiger partial charge in [-0.05, 0) is 43.0 Å². The molecule has 5 rings (SSSR count). The zero-order chi connectivity index (χ0) is 19.8. The number of benzene rings is 2. The van der Waals surface area contributed by atoms with Crippen LogP contribution in [0.1, 0.15) is 48.0 Å². The molecule has 2 fully saturated rings. The summed E-state index contributed by atoms with van der Waals surface area (Å²) in [6.45, 7) is 1.59. The third-order valence-electron chi connectivity index (χ3n) is 6.80. The van der Waals surface area contributed by atoms with Crippen LogP contribution >= 0.6 is 0 Å². The van der Waals surface area contributed by atoms with Crippen LogP contribution in [0.25, 0.3) is 0 Å². The van der Waals surface area contributed by atoms with Gasteiger partial charge in [0.2, 0.25) is 0 Å². The molecule has 3 aliphatic rings. The van der Waals surface area contributed by atoms with E-state index in [0.29, 0.717) is 43.2 Å². The van der Waals surface area contributed by atoms with Gasteiger partial charge in [0.1, 0.15) is 13.2 Å². The van der Waals surface area contributed by atoms with Crippen LogP contribution in [0.3, 0.4) is 0 Å². The average Bonchev–Trinajstić information content (AvgIpc) is 2.79. The van der Waals surface area contributed by atoms with E-state index in [-0.39, 0.29) is 17.9 Å². The first-order chi connectivity index (χ1) is 14.2. The lowest BCUT2D eigenvalue weighted by Crippen LogP contribution is -2.59. The Labute approximate surface area is 171 Å². The van der Waals surface area contributed by atoms with Crippen LogP contribution in [0.5, 0.6) is 11.5 Å². The average molecular weight is 393 g/mol. The van der Waals surface area contributed by atoms with Gasteiger partial charge in [-0.15, -0.1) is 0 Å². The molecule has 152 valence electrons. The molecule has 0 radical (unpaired) electrons. The molecule has 1 unspecified atom stereocenters. The number of likely N-dealkylation sites (tertiary alicyclic amines) is 1. The highest BCUT2D eigenvalue weighted by atomic mass is 16.6. The summed E-state index contributed by atoms with van der Waals surface area (Å²) >= 11 is 0. The van der Waals surface area contributed by atoms with Crippen molar-refractivity contribution >= 4 is 5.91 Å².